The Morgan fingerprint density at radius 3 is 1.80 bits per heavy atom. The minimum Gasteiger partial charge on any atom is -0.288 e. The molecule has 3 heterocycles. The van der Waals surface area contributed by atoms with Gasteiger partial charge in [-0.3, -0.25) is 9.59 Å². The molecule has 0 saturated heterocycles. The molecule has 0 aliphatic carbocycles. The Morgan fingerprint density at radius 2 is 1.07 bits per heavy atom. The lowest BCUT2D eigenvalue weighted by molar-refractivity contribution is 0.103. The second kappa shape index (κ2) is 6.77. The van der Waals surface area contributed by atoms with E-state index >= 15 is 0 Å². The topological polar surface area (TPSA) is 59.9 Å². The lowest BCUT2D eigenvalue weighted by Gasteiger charge is -2.11. The molecular formula is C24H12F2N2O2. The SMILES string of the molecule is O=C1c2cccc(c2)-c2cccc(n2)-c2cccc(n2)C(=O)c2cc1c(F)cc2F. The second-order valence-electron chi connectivity index (χ2n) is 6.87. The van der Waals surface area contributed by atoms with Gasteiger partial charge < -0.3 is 0 Å². The first-order valence-electron chi connectivity index (χ1n) is 9.14. The van der Waals surface area contributed by atoms with E-state index in [2.05, 4.69) is 9.97 Å². The highest BCUT2D eigenvalue weighted by atomic mass is 19.1. The summed E-state index contributed by atoms with van der Waals surface area (Å²) >= 11 is 0. The molecule has 30 heavy (non-hydrogen) atoms. The fraction of sp³-hybridized carbons (Fsp3) is 0. The summed E-state index contributed by atoms with van der Waals surface area (Å²) < 4.78 is 28.9. The zero-order valence-electron chi connectivity index (χ0n) is 15.4. The molecule has 6 heteroatoms. The first-order valence-corrected chi connectivity index (χ1v) is 9.14. The highest BCUT2D eigenvalue weighted by molar-refractivity contribution is 6.13. The molecule has 144 valence electrons. The number of aromatic nitrogens is 2. The Labute approximate surface area is 169 Å². The van der Waals surface area contributed by atoms with E-state index in [-0.39, 0.29) is 16.8 Å². The van der Waals surface area contributed by atoms with Crippen LogP contribution in [0.3, 0.4) is 0 Å². The number of ketones is 2. The second-order valence-corrected chi connectivity index (χ2v) is 6.87. The Bertz CT molecular complexity index is 1270. The Hall–Kier alpha value is -4.06. The Morgan fingerprint density at radius 1 is 0.533 bits per heavy atom. The fourth-order valence-electron chi connectivity index (χ4n) is 3.45. The summed E-state index contributed by atoms with van der Waals surface area (Å²) in [6.45, 7) is 0. The molecule has 5 rings (SSSR count). The number of hydrogen-bond donors (Lipinski definition) is 0. The molecule has 1 aliphatic rings. The third-order valence-corrected chi connectivity index (χ3v) is 4.96. The van der Waals surface area contributed by atoms with Crippen LogP contribution in [0.1, 0.15) is 32.0 Å². The molecule has 0 atom stereocenters. The summed E-state index contributed by atoms with van der Waals surface area (Å²) in [6.07, 6.45) is 0. The van der Waals surface area contributed by atoms with Crippen LogP contribution < -0.4 is 0 Å². The van der Waals surface area contributed by atoms with Gasteiger partial charge in [0, 0.05) is 17.2 Å². The quantitative estimate of drug-likeness (QED) is 0.374. The van der Waals surface area contributed by atoms with E-state index in [0.29, 0.717) is 28.7 Å². The van der Waals surface area contributed by atoms with Gasteiger partial charge in [-0.05, 0) is 36.4 Å². The van der Waals surface area contributed by atoms with Crippen molar-refractivity contribution in [2.24, 2.45) is 0 Å². The number of carbonyl (C=O) groups excluding carboxylic acids is 2. The van der Waals surface area contributed by atoms with Crippen LogP contribution >= 0.6 is 0 Å². The van der Waals surface area contributed by atoms with Crippen molar-refractivity contribution in [1.82, 2.24) is 9.97 Å². The molecule has 0 saturated carbocycles. The van der Waals surface area contributed by atoms with Crippen LogP contribution in [-0.4, -0.2) is 21.5 Å². The standard InChI is InChI=1S/C24H12F2N2O2/c25-17-12-18(26)16-11-15(17)23(29)14-5-1-4-13(10-14)19-6-2-7-20(27-19)21-8-3-9-22(28-21)24(16)30/h1-12H. The van der Waals surface area contributed by atoms with Crippen molar-refractivity contribution >= 4 is 11.6 Å². The fourth-order valence-corrected chi connectivity index (χ4v) is 3.45. The summed E-state index contributed by atoms with van der Waals surface area (Å²) in [5.41, 5.74) is 1.60. The van der Waals surface area contributed by atoms with Crippen LogP contribution in [0.4, 0.5) is 8.78 Å². The number of pyridine rings is 2. The van der Waals surface area contributed by atoms with Gasteiger partial charge in [0.2, 0.25) is 5.78 Å². The van der Waals surface area contributed by atoms with Gasteiger partial charge >= 0.3 is 0 Å². The van der Waals surface area contributed by atoms with Crippen LogP contribution in [0.5, 0.6) is 0 Å². The van der Waals surface area contributed by atoms with E-state index in [0.717, 1.165) is 6.07 Å². The van der Waals surface area contributed by atoms with Gasteiger partial charge in [-0.2, -0.15) is 0 Å². The van der Waals surface area contributed by atoms with E-state index in [1.165, 1.54) is 12.1 Å². The molecule has 0 radical (unpaired) electrons. The van der Waals surface area contributed by atoms with E-state index in [9.17, 15) is 18.4 Å². The first-order chi connectivity index (χ1) is 14.5. The Kier molecular flexibility index (Phi) is 4.06. The number of nitrogens with zero attached hydrogens (tertiary/aromatic N) is 2. The average Bonchev–Trinajstić information content (AvgIpc) is 2.78. The van der Waals surface area contributed by atoms with Crippen molar-refractivity contribution in [1.29, 1.82) is 0 Å². The number of halogens is 2. The molecule has 2 aromatic heterocycles. The van der Waals surface area contributed by atoms with Gasteiger partial charge in [-0.15, -0.1) is 0 Å². The van der Waals surface area contributed by atoms with Crippen molar-refractivity contribution in [2.45, 2.75) is 0 Å². The molecule has 0 unspecified atom stereocenters. The van der Waals surface area contributed by atoms with E-state index in [1.54, 1.807) is 48.5 Å². The molecule has 8 bridgehead atoms. The van der Waals surface area contributed by atoms with Gasteiger partial charge in [0.05, 0.1) is 28.2 Å². The lowest BCUT2D eigenvalue weighted by Crippen LogP contribution is -2.12. The van der Waals surface area contributed by atoms with Crippen molar-refractivity contribution in [2.75, 3.05) is 0 Å². The maximum Gasteiger partial charge on any atom is 0.214 e. The van der Waals surface area contributed by atoms with Crippen molar-refractivity contribution in [3.05, 3.63) is 107 Å². The van der Waals surface area contributed by atoms with Crippen LogP contribution in [0.15, 0.2) is 72.8 Å². The van der Waals surface area contributed by atoms with E-state index < -0.39 is 28.8 Å². The molecular weight excluding hydrogens is 386 g/mol. The summed E-state index contributed by atoms with van der Waals surface area (Å²) in [5.74, 6) is -3.49. The predicted molar refractivity (Wildman–Crippen MR) is 106 cm³/mol. The minimum atomic E-state index is -1.05. The maximum absolute atomic E-state index is 14.5. The van der Waals surface area contributed by atoms with Gasteiger partial charge in [0.1, 0.15) is 17.3 Å². The number of carbonyl (C=O) groups is 2. The van der Waals surface area contributed by atoms with E-state index in [4.69, 9.17) is 0 Å². The smallest absolute Gasteiger partial charge is 0.214 e. The monoisotopic (exact) mass is 398 g/mol. The van der Waals surface area contributed by atoms with Gasteiger partial charge in [0.25, 0.3) is 0 Å². The first kappa shape index (κ1) is 18.0. The van der Waals surface area contributed by atoms with E-state index in [1.807, 2.05) is 0 Å². The molecule has 0 spiro atoms. The zero-order valence-corrected chi connectivity index (χ0v) is 15.4. The number of hydrogen-bond acceptors (Lipinski definition) is 4. The van der Waals surface area contributed by atoms with Crippen LogP contribution in [0.25, 0.3) is 22.6 Å². The number of rotatable bonds is 0. The zero-order chi connectivity index (χ0) is 20.8. The van der Waals surface area contributed by atoms with Gasteiger partial charge in [0.15, 0.2) is 5.78 Å². The third-order valence-electron chi connectivity index (χ3n) is 4.96. The number of fused-ring (bicyclic) bond motifs is 10. The van der Waals surface area contributed by atoms with Crippen LogP contribution in [0.2, 0.25) is 0 Å². The number of benzene rings is 2. The maximum atomic E-state index is 14.5. The Balaban J connectivity index is 1.85. The largest absolute Gasteiger partial charge is 0.288 e. The van der Waals surface area contributed by atoms with Gasteiger partial charge in [-0.1, -0.05) is 30.3 Å². The van der Waals surface area contributed by atoms with Crippen molar-refractivity contribution in [3.8, 4) is 22.6 Å². The molecule has 1 aliphatic heterocycles. The average molecular weight is 398 g/mol. The predicted octanol–water partition coefficient (Wildman–Crippen LogP) is 4.86. The lowest BCUT2D eigenvalue weighted by atomic mass is 9.96. The summed E-state index contributed by atoms with van der Waals surface area (Å²) in [5, 5.41) is 0. The summed E-state index contributed by atoms with van der Waals surface area (Å²) in [7, 11) is 0. The van der Waals surface area contributed by atoms with Crippen LogP contribution in [-0.2, 0) is 0 Å². The highest BCUT2D eigenvalue weighted by Crippen LogP contribution is 2.26. The molecule has 4 nitrogen and oxygen atoms in total. The molecule has 2 aromatic carbocycles. The summed E-state index contributed by atoms with van der Waals surface area (Å²) in [6, 6.07) is 18.2. The summed E-state index contributed by atoms with van der Waals surface area (Å²) in [4.78, 5) is 34.8. The van der Waals surface area contributed by atoms with Crippen molar-refractivity contribution < 1.29 is 18.4 Å². The molecule has 0 amide bonds. The molecule has 0 fully saturated rings. The normalized spacial score (nSPS) is 12.5. The van der Waals surface area contributed by atoms with Crippen molar-refractivity contribution in [3.63, 3.8) is 0 Å². The highest BCUT2D eigenvalue weighted by Gasteiger charge is 2.23. The minimum absolute atomic E-state index is 0.0285. The third kappa shape index (κ3) is 2.90. The molecule has 4 aromatic rings. The van der Waals surface area contributed by atoms with Gasteiger partial charge in [-0.25, -0.2) is 18.7 Å². The van der Waals surface area contributed by atoms with Crippen LogP contribution in [0, 0.1) is 11.6 Å². The molecule has 0 N–H and O–H groups in total.